The molecule has 0 spiro atoms. The highest BCUT2D eigenvalue weighted by molar-refractivity contribution is 9.09. The zero-order valence-corrected chi connectivity index (χ0v) is 11.8. The third kappa shape index (κ3) is 9.95. The Kier molecular flexibility index (Phi) is 9.33. The summed E-state index contributed by atoms with van der Waals surface area (Å²) in [4.78, 5) is 43.6. The first-order chi connectivity index (χ1) is 8.99. The van der Waals surface area contributed by atoms with Gasteiger partial charge >= 0.3 is 23.9 Å². The zero-order chi connectivity index (χ0) is 14.7. The van der Waals surface area contributed by atoms with Crippen LogP contribution in [0.2, 0.25) is 0 Å². The fourth-order valence-corrected chi connectivity index (χ4v) is 0.929. The van der Waals surface area contributed by atoms with Crippen molar-refractivity contribution in [2.45, 2.75) is 13.3 Å². The van der Waals surface area contributed by atoms with Crippen molar-refractivity contribution in [2.75, 3.05) is 18.5 Å². The highest BCUT2D eigenvalue weighted by atomic mass is 79.9. The van der Waals surface area contributed by atoms with E-state index in [1.54, 1.807) is 6.92 Å². The smallest absolute Gasteiger partial charge is 0.331 e. The molecule has 0 unspecified atom stereocenters. The summed E-state index contributed by atoms with van der Waals surface area (Å²) in [5.74, 6) is -2.99. The Bertz CT molecular complexity index is 375. The molecule has 0 radical (unpaired) electrons. The molecule has 0 amide bonds. The molecule has 0 N–H and O–H groups in total. The average molecular weight is 337 g/mol. The Morgan fingerprint density at radius 3 is 2.11 bits per heavy atom. The quantitative estimate of drug-likeness (QED) is 0.219. The Balaban J connectivity index is 3.83. The SMILES string of the molecule is CCOC(=O)/C=C/C(=O)OCCC(=O)OC(=O)CBr. The summed E-state index contributed by atoms with van der Waals surface area (Å²) in [7, 11) is 0. The van der Waals surface area contributed by atoms with E-state index in [0.717, 1.165) is 12.2 Å². The second-order valence-electron chi connectivity index (χ2n) is 2.98. The molecule has 0 saturated carbocycles. The maximum atomic E-state index is 11.1. The van der Waals surface area contributed by atoms with E-state index >= 15 is 0 Å². The molecule has 0 heterocycles. The molecule has 0 aliphatic carbocycles. The van der Waals surface area contributed by atoms with Crippen molar-refractivity contribution in [2.24, 2.45) is 0 Å². The summed E-state index contributed by atoms with van der Waals surface area (Å²) in [5.41, 5.74) is 0. The Labute approximate surface area is 118 Å². The Morgan fingerprint density at radius 2 is 1.58 bits per heavy atom. The summed E-state index contributed by atoms with van der Waals surface area (Å²) in [6.07, 6.45) is 1.54. The van der Waals surface area contributed by atoms with Crippen LogP contribution in [-0.4, -0.2) is 42.4 Å². The molecule has 0 aliphatic rings. The van der Waals surface area contributed by atoms with Crippen molar-refractivity contribution < 1.29 is 33.4 Å². The van der Waals surface area contributed by atoms with Crippen LogP contribution < -0.4 is 0 Å². The normalized spacial score (nSPS) is 10.0. The molecule has 0 saturated heterocycles. The van der Waals surface area contributed by atoms with Crippen LogP contribution in [0.15, 0.2) is 12.2 Å². The molecular formula is C11H13BrO7. The van der Waals surface area contributed by atoms with Gasteiger partial charge in [0.05, 0.1) is 13.0 Å². The second kappa shape index (κ2) is 10.2. The van der Waals surface area contributed by atoms with Crippen molar-refractivity contribution in [1.82, 2.24) is 0 Å². The number of rotatable bonds is 7. The minimum atomic E-state index is -0.799. The number of alkyl halides is 1. The number of esters is 4. The van der Waals surface area contributed by atoms with Crippen LogP contribution in [-0.2, 0) is 33.4 Å². The predicted molar refractivity (Wildman–Crippen MR) is 66.2 cm³/mol. The lowest BCUT2D eigenvalue weighted by Gasteiger charge is -2.01. The lowest BCUT2D eigenvalue weighted by atomic mass is 10.4. The number of halogens is 1. The lowest BCUT2D eigenvalue weighted by molar-refractivity contribution is -0.158. The fourth-order valence-electron chi connectivity index (χ4n) is 0.815. The number of hydrogen-bond donors (Lipinski definition) is 0. The first-order valence-electron chi connectivity index (χ1n) is 5.30. The van der Waals surface area contributed by atoms with E-state index in [0.29, 0.717) is 0 Å². The van der Waals surface area contributed by atoms with Crippen LogP contribution in [0.4, 0.5) is 0 Å². The molecule has 0 aromatic heterocycles. The molecule has 0 aromatic rings. The van der Waals surface area contributed by atoms with Crippen LogP contribution in [0.1, 0.15) is 13.3 Å². The molecule has 0 bridgehead atoms. The van der Waals surface area contributed by atoms with E-state index < -0.39 is 23.9 Å². The Hall–Kier alpha value is -1.70. The van der Waals surface area contributed by atoms with Crippen molar-refractivity contribution in [3.63, 3.8) is 0 Å². The summed E-state index contributed by atoms with van der Waals surface area (Å²) in [5, 5.41) is -0.0964. The van der Waals surface area contributed by atoms with Crippen molar-refractivity contribution >= 4 is 39.8 Å². The van der Waals surface area contributed by atoms with Gasteiger partial charge in [-0.05, 0) is 6.92 Å². The van der Waals surface area contributed by atoms with E-state index in [1.807, 2.05) is 0 Å². The topological polar surface area (TPSA) is 96.0 Å². The maximum Gasteiger partial charge on any atom is 0.331 e. The van der Waals surface area contributed by atoms with Crippen molar-refractivity contribution in [1.29, 1.82) is 0 Å². The van der Waals surface area contributed by atoms with Gasteiger partial charge in [0.25, 0.3) is 0 Å². The van der Waals surface area contributed by atoms with Crippen LogP contribution in [0.3, 0.4) is 0 Å². The van der Waals surface area contributed by atoms with Crippen LogP contribution in [0.5, 0.6) is 0 Å². The third-order valence-corrected chi connectivity index (χ3v) is 1.99. The molecule has 19 heavy (non-hydrogen) atoms. The third-order valence-electron chi connectivity index (χ3n) is 1.53. The number of carbonyl (C=O) groups excluding carboxylic acids is 4. The summed E-state index contributed by atoms with van der Waals surface area (Å²) >= 11 is 2.82. The average Bonchev–Trinajstić information content (AvgIpc) is 2.36. The standard InChI is InChI=1S/C11H13BrO7/c1-2-17-8(13)3-4-9(14)18-6-5-10(15)19-11(16)7-12/h3-4H,2,5-7H2,1H3/b4-3+. The van der Waals surface area contributed by atoms with E-state index in [2.05, 4.69) is 30.1 Å². The van der Waals surface area contributed by atoms with Gasteiger partial charge in [0.15, 0.2) is 0 Å². The van der Waals surface area contributed by atoms with E-state index in [-0.39, 0.29) is 25.0 Å². The van der Waals surface area contributed by atoms with E-state index in [9.17, 15) is 19.2 Å². The van der Waals surface area contributed by atoms with Crippen molar-refractivity contribution in [3.05, 3.63) is 12.2 Å². The van der Waals surface area contributed by atoms with E-state index in [4.69, 9.17) is 0 Å². The molecule has 7 nitrogen and oxygen atoms in total. The van der Waals surface area contributed by atoms with Gasteiger partial charge in [0.1, 0.15) is 11.9 Å². The van der Waals surface area contributed by atoms with Gasteiger partial charge in [-0.3, -0.25) is 9.59 Å². The summed E-state index contributed by atoms with van der Waals surface area (Å²) < 4.78 is 13.4. The molecule has 0 fully saturated rings. The molecule has 0 rings (SSSR count). The molecule has 0 aromatic carbocycles. The van der Waals surface area contributed by atoms with Crippen LogP contribution in [0, 0.1) is 0 Å². The maximum absolute atomic E-state index is 11.1. The van der Waals surface area contributed by atoms with Gasteiger partial charge in [-0.2, -0.15) is 0 Å². The highest BCUT2D eigenvalue weighted by Crippen LogP contribution is 1.93. The molecule has 8 heteroatoms. The number of ether oxygens (including phenoxy) is 3. The highest BCUT2D eigenvalue weighted by Gasteiger charge is 2.09. The molecule has 0 aliphatic heterocycles. The first-order valence-corrected chi connectivity index (χ1v) is 6.42. The van der Waals surface area contributed by atoms with Gasteiger partial charge in [-0.15, -0.1) is 0 Å². The van der Waals surface area contributed by atoms with Gasteiger partial charge in [0.2, 0.25) is 0 Å². The number of carbonyl (C=O) groups is 4. The largest absolute Gasteiger partial charge is 0.463 e. The van der Waals surface area contributed by atoms with Gasteiger partial charge in [-0.1, -0.05) is 15.9 Å². The molecule has 0 atom stereocenters. The predicted octanol–water partition coefficient (Wildman–Crippen LogP) is 0.504. The fraction of sp³-hybridized carbons (Fsp3) is 0.455. The van der Waals surface area contributed by atoms with Gasteiger partial charge in [0, 0.05) is 12.2 Å². The molecule has 106 valence electrons. The minimum Gasteiger partial charge on any atom is -0.463 e. The monoisotopic (exact) mass is 336 g/mol. The van der Waals surface area contributed by atoms with Crippen LogP contribution in [0.25, 0.3) is 0 Å². The second-order valence-corrected chi connectivity index (χ2v) is 3.54. The number of hydrogen-bond acceptors (Lipinski definition) is 7. The summed E-state index contributed by atoms with van der Waals surface area (Å²) in [6.45, 7) is 1.58. The first kappa shape index (κ1) is 17.3. The lowest BCUT2D eigenvalue weighted by Crippen LogP contribution is -2.15. The van der Waals surface area contributed by atoms with Crippen molar-refractivity contribution in [3.8, 4) is 0 Å². The zero-order valence-electron chi connectivity index (χ0n) is 10.2. The van der Waals surface area contributed by atoms with Gasteiger partial charge < -0.3 is 14.2 Å². The van der Waals surface area contributed by atoms with Gasteiger partial charge in [-0.25, -0.2) is 9.59 Å². The summed E-state index contributed by atoms with van der Waals surface area (Å²) in [6, 6.07) is 0. The Morgan fingerprint density at radius 1 is 1.00 bits per heavy atom. The minimum absolute atomic E-state index is 0.0964. The molecular weight excluding hydrogens is 324 g/mol. The van der Waals surface area contributed by atoms with E-state index in [1.165, 1.54) is 0 Å². The van der Waals surface area contributed by atoms with Crippen LogP contribution >= 0.6 is 15.9 Å².